The maximum absolute atomic E-state index is 5.40. The number of aromatic nitrogens is 2. The summed E-state index contributed by atoms with van der Waals surface area (Å²) in [5.74, 6) is 6.11. The van der Waals surface area contributed by atoms with Crippen LogP contribution in [0.1, 0.15) is 0 Å². The zero-order chi connectivity index (χ0) is 9.10. The lowest BCUT2D eigenvalue weighted by Crippen LogP contribution is -2.38. The number of nitrogens with zero attached hydrogens (tertiary/aromatic N) is 2. The van der Waals surface area contributed by atoms with Gasteiger partial charge in [0.15, 0.2) is 5.82 Å². The van der Waals surface area contributed by atoms with E-state index in [1.807, 2.05) is 0 Å². The summed E-state index contributed by atoms with van der Waals surface area (Å²) in [6.07, 6.45) is 3.16. The molecule has 3 N–H and O–H groups in total. The fourth-order valence-corrected chi connectivity index (χ4v) is 0.927. The lowest BCUT2D eigenvalue weighted by atomic mass is 10.3. The van der Waals surface area contributed by atoms with Crippen molar-refractivity contribution in [3.63, 3.8) is 0 Å². The molecule has 6 nitrogen and oxygen atoms in total. The predicted octanol–water partition coefficient (Wildman–Crippen LogP) is -0.460. The molecule has 0 spiro atoms. The van der Waals surface area contributed by atoms with Gasteiger partial charge in [0.25, 0.3) is 0 Å². The molecule has 0 saturated carbocycles. The van der Waals surface area contributed by atoms with Gasteiger partial charge in [-0.3, -0.25) is 4.98 Å². The van der Waals surface area contributed by atoms with Gasteiger partial charge in [-0.1, -0.05) is 0 Å². The van der Waals surface area contributed by atoms with Gasteiger partial charge in [-0.15, -0.1) is 0 Å². The van der Waals surface area contributed by atoms with Crippen molar-refractivity contribution in [3.8, 4) is 5.88 Å². The van der Waals surface area contributed by atoms with E-state index < -0.39 is 0 Å². The van der Waals surface area contributed by atoms with Gasteiger partial charge >= 0.3 is 0 Å². The number of hydrazine groups is 1. The minimum absolute atomic E-state index is 0.0994. The van der Waals surface area contributed by atoms with E-state index in [1.165, 1.54) is 6.20 Å². The highest BCUT2D eigenvalue weighted by molar-refractivity contribution is 5.31. The second kappa shape index (κ2) is 3.55. The highest BCUT2D eigenvalue weighted by Crippen LogP contribution is 2.13. The number of nitrogens with two attached hydrogens (primary N) is 1. The summed E-state index contributed by atoms with van der Waals surface area (Å²) >= 11 is 0. The molecule has 2 heterocycles. The van der Waals surface area contributed by atoms with E-state index in [-0.39, 0.29) is 6.10 Å². The van der Waals surface area contributed by atoms with Crippen molar-refractivity contribution in [1.29, 1.82) is 0 Å². The van der Waals surface area contributed by atoms with Crippen LogP contribution >= 0.6 is 0 Å². The van der Waals surface area contributed by atoms with E-state index in [0.717, 1.165) is 0 Å². The minimum atomic E-state index is 0.0994. The van der Waals surface area contributed by atoms with Crippen LogP contribution in [-0.2, 0) is 4.74 Å². The molecule has 13 heavy (non-hydrogen) atoms. The molecule has 2 rings (SSSR count). The molecule has 0 bridgehead atoms. The quantitative estimate of drug-likeness (QED) is 0.486. The Labute approximate surface area is 75.0 Å². The molecule has 6 heteroatoms. The van der Waals surface area contributed by atoms with Gasteiger partial charge in [-0.05, 0) is 0 Å². The topological polar surface area (TPSA) is 82.3 Å². The minimum Gasteiger partial charge on any atom is -0.468 e. The molecule has 1 aliphatic heterocycles. The number of ether oxygens (including phenoxy) is 2. The largest absolute Gasteiger partial charge is 0.468 e. The Balaban J connectivity index is 2.01. The lowest BCUT2D eigenvalue weighted by molar-refractivity contribution is -0.0814. The first-order valence-corrected chi connectivity index (χ1v) is 3.91. The molecule has 1 aromatic rings. The Morgan fingerprint density at radius 1 is 1.54 bits per heavy atom. The van der Waals surface area contributed by atoms with Gasteiger partial charge in [0.05, 0.1) is 25.6 Å². The molecule has 0 aromatic carbocycles. The fraction of sp³-hybridized carbons (Fsp3) is 0.429. The van der Waals surface area contributed by atoms with E-state index in [4.69, 9.17) is 15.3 Å². The van der Waals surface area contributed by atoms with Crippen molar-refractivity contribution >= 4 is 5.82 Å². The standard InChI is InChI=1S/C7H10N4O2/c8-11-6-1-9-2-7(10-6)13-5-3-12-4-5/h1-2,5H,3-4,8H2,(H,10,11). The zero-order valence-electron chi connectivity index (χ0n) is 6.93. The number of hydrogen-bond acceptors (Lipinski definition) is 6. The monoisotopic (exact) mass is 182 g/mol. The summed E-state index contributed by atoms with van der Waals surface area (Å²) in [6.45, 7) is 1.23. The molecular formula is C7H10N4O2. The second-order valence-electron chi connectivity index (χ2n) is 2.66. The molecule has 70 valence electrons. The summed E-state index contributed by atoms with van der Waals surface area (Å²) in [5.41, 5.74) is 2.39. The molecule has 0 amide bonds. The van der Waals surface area contributed by atoms with Crippen molar-refractivity contribution in [2.24, 2.45) is 5.84 Å². The number of hydrogen-bond donors (Lipinski definition) is 2. The molecule has 0 radical (unpaired) electrons. The predicted molar refractivity (Wildman–Crippen MR) is 45.1 cm³/mol. The van der Waals surface area contributed by atoms with Crippen molar-refractivity contribution in [2.75, 3.05) is 18.6 Å². The average Bonchev–Trinajstić information content (AvgIpc) is 2.12. The SMILES string of the molecule is NNc1cncc(OC2COC2)n1. The number of nitrogens with one attached hydrogen (secondary N) is 1. The van der Waals surface area contributed by atoms with Gasteiger partial charge in [-0.2, -0.15) is 4.98 Å². The van der Waals surface area contributed by atoms with Gasteiger partial charge in [0, 0.05) is 0 Å². The van der Waals surface area contributed by atoms with Gasteiger partial charge in [-0.25, -0.2) is 5.84 Å². The van der Waals surface area contributed by atoms with Crippen LogP contribution in [0.2, 0.25) is 0 Å². The van der Waals surface area contributed by atoms with Crippen LogP contribution in [0.4, 0.5) is 5.82 Å². The van der Waals surface area contributed by atoms with Gasteiger partial charge in [0.1, 0.15) is 6.10 Å². The summed E-state index contributed by atoms with van der Waals surface area (Å²) in [4.78, 5) is 7.93. The van der Waals surface area contributed by atoms with Crippen LogP contribution in [0.5, 0.6) is 5.88 Å². The Kier molecular flexibility index (Phi) is 2.24. The van der Waals surface area contributed by atoms with Crippen molar-refractivity contribution in [3.05, 3.63) is 12.4 Å². The first-order valence-electron chi connectivity index (χ1n) is 3.91. The fourth-order valence-electron chi connectivity index (χ4n) is 0.927. The molecule has 1 saturated heterocycles. The summed E-state index contributed by atoms with van der Waals surface area (Å²) in [6, 6.07) is 0. The zero-order valence-corrected chi connectivity index (χ0v) is 6.93. The second-order valence-corrected chi connectivity index (χ2v) is 2.66. The highest BCUT2D eigenvalue weighted by Gasteiger charge is 2.20. The van der Waals surface area contributed by atoms with Crippen LogP contribution in [-0.4, -0.2) is 29.3 Å². The van der Waals surface area contributed by atoms with E-state index in [1.54, 1.807) is 6.20 Å². The smallest absolute Gasteiger partial charge is 0.234 e. The Morgan fingerprint density at radius 3 is 3.00 bits per heavy atom. The van der Waals surface area contributed by atoms with E-state index in [2.05, 4.69) is 15.4 Å². The van der Waals surface area contributed by atoms with Crippen LogP contribution in [0.25, 0.3) is 0 Å². The van der Waals surface area contributed by atoms with E-state index in [0.29, 0.717) is 24.9 Å². The Hall–Kier alpha value is -1.40. The Morgan fingerprint density at radius 2 is 2.38 bits per heavy atom. The summed E-state index contributed by atoms with van der Waals surface area (Å²) in [5, 5.41) is 0. The highest BCUT2D eigenvalue weighted by atomic mass is 16.6. The van der Waals surface area contributed by atoms with Gasteiger partial charge in [0.2, 0.25) is 5.88 Å². The molecule has 1 aromatic heterocycles. The first kappa shape index (κ1) is 8.21. The van der Waals surface area contributed by atoms with Crippen LogP contribution in [0.3, 0.4) is 0 Å². The molecule has 0 aliphatic carbocycles. The van der Waals surface area contributed by atoms with E-state index in [9.17, 15) is 0 Å². The first-order chi connectivity index (χ1) is 6.38. The van der Waals surface area contributed by atoms with Crippen molar-refractivity contribution < 1.29 is 9.47 Å². The molecular weight excluding hydrogens is 172 g/mol. The summed E-state index contributed by atoms with van der Waals surface area (Å²) in [7, 11) is 0. The van der Waals surface area contributed by atoms with Gasteiger partial charge < -0.3 is 14.9 Å². The summed E-state index contributed by atoms with van der Waals surface area (Å²) < 4.78 is 10.3. The maximum Gasteiger partial charge on any atom is 0.234 e. The van der Waals surface area contributed by atoms with Crippen molar-refractivity contribution in [1.82, 2.24) is 9.97 Å². The third-order valence-electron chi connectivity index (χ3n) is 1.66. The van der Waals surface area contributed by atoms with Crippen LogP contribution in [0, 0.1) is 0 Å². The van der Waals surface area contributed by atoms with Crippen LogP contribution < -0.4 is 16.0 Å². The number of nitrogen functional groups attached to an aromatic ring is 1. The Bertz CT molecular complexity index is 290. The number of rotatable bonds is 3. The molecule has 1 fully saturated rings. The normalized spacial score (nSPS) is 16.4. The van der Waals surface area contributed by atoms with Crippen LogP contribution in [0.15, 0.2) is 12.4 Å². The maximum atomic E-state index is 5.40. The average molecular weight is 182 g/mol. The lowest BCUT2D eigenvalue weighted by Gasteiger charge is -2.25. The van der Waals surface area contributed by atoms with Crippen molar-refractivity contribution in [2.45, 2.75) is 6.10 Å². The van der Waals surface area contributed by atoms with E-state index >= 15 is 0 Å². The third kappa shape index (κ3) is 1.85. The molecule has 0 unspecified atom stereocenters. The third-order valence-corrected chi connectivity index (χ3v) is 1.66. The number of anilines is 1. The molecule has 1 aliphatic rings. The molecule has 0 atom stereocenters.